The molecule has 2 aromatic heterocycles. The minimum Gasteiger partial charge on any atom is -0.356 e. The average Bonchev–Trinajstić information content (AvgIpc) is 3.66. The molecule has 0 radical (unpaired) electrons. The van der Waals surface area contributed by atoms with E-state index in [-0.39, 0.29) is 29.4 Å². The molecule has 41 heavy (non-hydrogen) atoms. The van der Waals surface area contributed by atoms with Crippen LogP contribution in [0, 0.1) is 18.8 Å². The van der Waals surface area contributed by atoms with Crippen molar-refractivity contribution in [1.82, 2.24) is 25.9 Å². The Hall–Kier alpha value is -4.05. The Morgan fingerprint density at radius 3 is 2.51 bits per heavy atom. The molecule has 3 heterocycles. The fraction of sp³-hybridized carbons (Fsp3) is 0.387. The van der Waals surface area contributed by atoms with Gasteiger partial charge in [0, 0.05) is 23.4 Å². The van der Waals surface area contributed by atoms with E-state index in [9.17, 15) is 19.2 Å². The lowest BCUT2D eigenvalue weighted by atomic mass is 9.96. The van der Waals surface area contributed by atoms with Gasteiger partial charge in [0.15, 0.2) is 5.01 Å². The van der Waals surface area contributed by atoms with Crippen molar-refractivity contribution in [2.24, 2.45) is 11.8 Å². The van der Waals surface area contributed by atoms with Crippen molar-refractivity contribution in [1.29, 1.82) is 0 Å². The fourth-order valence-electron chi connectivity index (χ4n) is 5.40. The molecule has 214 valence electrons. The van der Waals surface area contributed by atoms with E-state index < -0.39 is 18.0 Å². The maximum Gasteiger partial charge on any atom is 0.268 e. The summed E-state index contributed by atoms with van der Waals surface area (Å²) in [6.45, 7) is 6.44. The van der Waals surface area contributed by atoms with Crippen molar-refractivity contribution in [3.8, 4) is 0 Å². The van der Waals surface area contributed by atoms with E-state index in [2.05, 4.69) is 25.9 Å². The molecular weight excluding hydrogens is 538 g/mol. The summed E-state index contributed by atoms with van der Waals surface area (Å²) in [5, 5.41) is 9.92. The van der Waals surface area contributed by atoms with Crippen LogP contribution in [0.25, 0.3) is 21.1 Å². The maximum atomic E-state index is 13.7. The number of aryl methyl sites for hydroxylation is 1. The van der Waals surface area contributed by atoms with Crippen molar-refractivity contribution < 1.29 is 19.2 Å². The van der Waals surface area contributed by atoms with E-state index in [0.29, 0.717) is 42.9 Å². The van der Waals surface area contributed by atoms with Gasteiger partial charge in [-0.15, -0.1) is 11.3 Å². The van der Waals surface area contributed by atoms with Gasteiger partial charge in [-0.05, 0) is 62.3 Å². The Labute approximate surface area is 242 Å². The molecule has 10 heteroatoms. The molecule has 4 aromatic rings. The molecule has 0 spiro atoms. The smallest absolute Gasteiger partial charge is 0.268 e. The number of carbonyl (C=O) groups is 4. The van der Waals surface area contributed by atoms with Crippen molar-refractivity contribution in [2.45, 2.75) is 58.5 Å². The number of rotatable bonds is 11. The predicted octanol–water partition coefficient (Wildman–Crippen LogP) is 4.51. The highest BCUT2D eigenvalue weighted by atomic mass is 32.1. The summed E-state index contributed by atoms with van der Waals surface area (Å²) in [4.78, 5) is 60.7. The molecule has 0 saturated carbocycles. The van der Waals surface area contributed by atoms with Gasteiger partial charge in [0.2, 0.25) is 17.6 Å². The predicted molar refractivity (Wildman–Crippen MR) is 160 cm³/mol. The number of ketones is 1. The monoisotopic (exact) mass is 573 g/mol. The number of Topliss-reactive ketones (excluding diaryl/α,β-unsaturated/α-hetero) is 1. The maximum absolute atomic E-state index is 13.7. The zero-order chi connectivity index (χ0) is 29.1. The Morgan fingerprint density at radius 1 is 1.05 bits per heavy atom. The second-order valence-corrected chi connectivity index (χ2v) is 12.1. The van der Waals surface area contributed by atoms with Crippen molar-refractivity contribution in [2.75, 3.05) is 6.54 Å². The summed E-state index contributed by atoms with van der Waals surface area (Å²) >= 11 is 1.28. The van der Waals surface area contributed by atoms with Crippen LogP contribution in [0.3, 0.4) is 0 Å². The number of nitrogens with zero attached hydrogens (tertiary/aromatic N) is 1. The van der Waals surface area contributed by atoms with Gasteiger partial charge in [-0.3, -0.25) is 19.2 Å². The first kappa shape index (κ1) is 28.5. The van der Waals surface area contributed by atoms with Crippen LogP contribution in [0.5, 0.6) is 0 Å². The Bertz CT molecular complexity index is 1570. The molecule has 3 amide bonds. The van der Waals surface area contributed by atoms with Gasteiger partial charge in [-0.2, -0.15) is 0 Å². The van der Waals surface area contributed by atoms with E-state index in [1.807, 2.05) is 69.3 Å². The summed E-state index contributed by atoms with van der Waals surface area (Å²) < 4.78 is 0.884. The number of para-hydroxylation sites is 2. The average molecular weight is 574 g/mol. The molecule has 1 fully saturated rings. The molecule has 1 unspecified atom stereocenters. The zero-order valence-corrected chi connectivity index (χ0v) is 24.3. The molecular formula is C31H35N5O4S. The van der Waals surface area contributed by atoms with Gasteiger partial charge in [0.25, 0.3) is 5.91 Å². The summed E-state index contributed by atoms with van der Waals surface area (Å²) in [5.41, 5.74) is 2.78. The molecule has 0 aliphatic carbocycles. The number of hydrogen-bond donors (Lipinski definition) is 4. The SMILES string of the molecule is Cc1c(C(=O)N[C@@H](CC(C)C)C(=O)N[C@@H](CCC2CCNC2=O)C(=O)c2nc3ccccc3s2)[nH]c2ccccc12. The summed E-state index contributed by atoms with van der Waals surface area (Å²) in [6, 6.07) is 13.4. The molecule has 0 bridgehead atoms. The molecule has 9 nitrogen and oxygen atoms in total. The largest absolute Gasteiger partial charge is 0.356 e. The highest BCUT2D eigenvalue weighted by molar-refractivity contribution is 7.20. The van der Waals surface area contributed by atoms with Crippen molar-refractivity contribution in [3.63, 3.8) is 0 Å². The standard InChI is InChI=1S/C31H35N5O4S/c1-17(2)16-24(35-30(40)26-18(3)20-8-4-5-9-21(20)33-26)29(39)34-23(13-12-19-14-15-32-28(19)38)27(37)31-36-22-10-6-7-11-25(22)41-31/h4-11,17,19,23-24,33H,12-16H2,1-3H3,(H,32,38)(H,34,39)(H,35,40)/t19?,23-,24-/m0/s1. The lowest BCUT2D eigenvalue weighted by molar-refractivity contribution is -0.123. The lowest BCUT2D eigenvalue weighted by Crippen LogP contribution is -2.52. The topological polar surface area (TPSA) is 133 Å². The Morgan fingerprint density at radius 2 is 1.80 bits per heavy atom. The first-order valence-electron chi connectivity index (χ1n) is 14.1. The van der Waals surface area contributed by atoms with Crippen LogP contribution in [-0.2, 0) is 9.59 Å². The van der Waals surface area contributed by atoms with E-state index in [4.69, 9.17) is 0 Å². The number of benzene rings is 2. The number of fused-ring (bicyclic) bond motifs is 2. The second kappa shape index (κ2) is 12.2. The van der Waals surface area contributed by atoms with E-state index in [1.54, 1.807) is 0 Å². The van der Waals surface area contributed by atoms with Gasteiger partial charge >= 0.3 is 0 Å². The van der Waals surface area contributed by atoms with Gasteiger partial charge in [-0.25, -0.2) is 4.98 Å². The third kappa shape index (κ3) is 6.32. The van der Waals surface area contributed by atoms with Crippen LogP contribution < -0.4 is 16.0 Å². The number of amides is 3. The third-order valence-corrected chi connectivity index (χ3v) is 8.68. The van der Waals surface area contributed by atoms with Gasteiger partial charge in [0.05, 0.1) is 16.3 Å². The number of aromatic nitrogens is 2. The van der Waals surface area contributed by atoms with E-state index >= 15 is 0 Å². The number of carbonyl (C=O) groups excluding carboxylic acids is 4. The van der Waals surface area contributed by atoms with E-state index in [1.165, 1.54) is 11.3 Å². The van der Waals surface area contributed by atoms with Crippen molar-refractivity contribution >= 4 is 56.0 Å². The second-order valence-electron chi connectivity index (χ2n) is 11.1. The lowest BCUT2D eigenvalue weighted by Gasteiger charge is -2.24. The number of nitrogens with one attached hydrogen (secondary N) is 4. The Kier molecular flexibility index (Phi) is 8.49. The molecule has 2 aromatic carbocycles. The van der Waals surface area contributed by atoms with Crippen molar-refractivity contribution in [3.05, 3.63) is 64.8 Å². The number of aromatic amines is 1. The summed E-state index contributed by atoms with van der Waals surface area (Å²) in [6.07, 6.45) is 1.85. The highest BCUT2D eigenvalue weighted by Gasteiger charge is 2.32. The summed E-state index contributed by atoms with van der Waals surface area (Å²) in [5.74, 6) is -1.23. The van der Waals surface area contributed by atoms with Gasteiger partial charge in [0.1, 0.15) is 11.7 Å². The van der Waals surface area contributed by atoms with Gasteiger partial charge in [-0.1, -0.05) is 44.2 Å². The fourth-order valence-corrected chi connectivity index (χ4v) is 6.36. The first-order valence-corrected chi connectivity index (χ1v) is 14.9. The number of thiazole rings is 1. The minimum absolute atomic E-state index is 0.0267. The van der Waals surface area contributed by atoms with Crippen LogP contribution in [0.4, 0.5) is 0 Å². The molecule has 1 saturated heterocycles. The van der Waals surface area contributed by atoms with Crippen LogP contribution in [-0.4, -0.2) is 52.1 Å². The normalized spacial score (nSPS) is 16.6. The quantitative estimate of drug-likeness (QED) is 0.196. The number of hydrogen-bond acceptors (Lipinski definition) is 6. The third-order valence-electron chi connectivity index (χ3n) is 7.63. The number of H-pyrrole nitrogens is 1. The first-order chi connectivity index (χ1) is 19.7. The van der Waals surface area contributed by atoms with Crippen LogP contribution in [0.15, 0.2) is 48.5 Å². The minimum atomic E-state index is -0.877. The van der Waals surface area contributed by atoms with Crippen LogP contribution in [0.2, 0.25) is 0 Å². The molecule has 1 aliphatic rings. The summed E-state index contributed by atoms with van der Waals surface area (Å²) in [7, 11) is 0. The molecule has 1 aliphatic heterocycles. The molecule has 5 rings (SSSR count). The zero-order valence-electron chi connectivity index (χ0n) is 23.5. The van der Waals surface area contributed by atoms with Crippen LogP contribution >= 0.6 is 11.3 Å². The highest BCUT2D eigenvalue weighted by Crippen LogP contribution is 2.25. The molecule has 4 N–H and O–H groups in total. The Balaban J connectivity index is 1.37. The van der Waals surface area contributed by atoms with Gasteiger partial charge < -0.3 is 20.9 Å². The van der Waals surface area contributed by atoms with E-state index in [0.717, 1.165) is 26.7 Å². The van der Waals surface area contributed by atoms with Crippen LogP contribution in [0.1, 0.15) is 65.4 Å². The molecule has 3 atom stereocenters.